The van der Waals surface area contributed by atoms with Gasteiger partial charge in [0, 0.05) is 38.5 Å². The van der Waals surface area contributed by atoms with E-state index in [0.717, 1.165) is 58.3 Å². The van der Waals surface area contributed by atoms with Gasteiger partial charge < -0.3 is 20.0 Å². The monoisotopic (exact) mass is 410 g/mol. The van der Waals surface area contributed by atoms with E-state index >= 15 is 0 Å². The lowest BCUT2D eigenvalue weighted by atomic mass is 9.82. The van der Waals surface area contributed by atoms with E-state index in [4.69, 9.17) is 4.84 Å². The molecule has 2 saturated heterocycles. The smallest absolute Gasteiger partial charge is 0.271 e. The first-order valence-corrected chi connectivity index (χ1v) is 11.2. The van der Waals surface area contributed by atoms with E-state index in [1.54, 1.807) is 0 Å². The quantitative estimate of drug-likeness (QED) is 0.805. The molecule has 2 atom stereocenters. The van der Waals surface area contributed by atoms with Crippen LogP contribution in [0.2, 0.25) is 0 Å². The lowest BCUT2D eigenvalue weighted by Gasteiger charge is -2.44. The van der Waals surface area contributed by atoms with Crippen molar-refractivity contribution in [1.82, 2.24) is 15.1 Å². The third-order valence-corrected chi connectivity index (χ3v) is 6.86. The number of rotatable bonds is 5. The van der Waals surface area contributed by atoms with Crippen LogP contribution in [0.5, 0.6) is 0 Å². The van der Waals surface area contributed by atoms with E-state index in [1.165, 1.54) is 5.56 Å². The molecule has 7 heteroatoms. The number of nitrogens with one attached hydrogen (secondary N) is 1. The van der Waals surface area contributed by atoms with Gasteiger partial charge in [0.1, 0.15) is 5.71 Å². The van der Waals surface area contributed by atoms with Crippen LogP contribution >= 0.6 is 0 Å². The molecule has 0 unspecified atom stereocenters. The Labute approximate surface area is 177 Å². The molecule has 1 spiro atoms. The van der Waals surface area contributed by atoms with E-state index in [9.17, 15) is 9.59 Å². The predicted molar refractivity (Wildman–Crippen MR) is 113 cm³/mol. The maximum atomic E-state index is 12.9. The predicted octanol–water partition coefficient (Wildman–Crippen LogP) is 1.92. The lowest BCUT2D eigenvalue weighted by Crippen LogP contribution is -2.63. The second-order valence-electron chi connectivity index (χ2n) is 9.11. The Bertz CT molecular complexity index is 832. The van der Waals surface area contributed by atoms with Gasteiger partial charge in [-0.3, -0.25) is 9.59 Å². The highest BCUT2D eigenvalue weighted by atomic mass is 16.7. The zero-order chi connectivity index (χ0) is 20.6. The third kappa shape index (κ3) is 3.83. The molecule has 0 radical (unpaired) electrons. The van der Waals surface area contributed by atoms with E-state index in [0.29, 0.717) is 18.7 Å². The first-order chi connectivity index (χ1) is 14.6. The summed E-state index contributed by atoms with van der Waals surface area (Å²) in [5.41, 5.74) is 1.04. The Morgan fingerprint density at radius 1 is 1.07 bits per heavy atom. The summed E-state index contributed by atoms with van der Waals surface area (Å²) in [7, 11) is 0. The number of likely N-dealkylation sites (tertiary alicyclic amines) is 2. The average Bonchev–Trinajstić information content (AvgIpc) is 3.31. The van der Waals surface area contributed by atoms with Crippen molar-refractivity contribution < 1.29 is 14.4 Å². The Morgan fingerprint density at radius 3 is 2.57 bits per heavy atom. The highest BCUT2D eigenvalue weighted by molar-refractivity contribution is 6.39. The molecule has 3 aliphatic heterocycles. The SMILES string of the molecule is O=C(C1=NO[C@]2(C1)CN(C(=O)C1CC1)CC[C@H]2NCc1ccccc1)N1CCCC1. The number of hydrogen-bond acceptors (Lipinski definition) is 5. The minimum atomic E-state index is -0.664. The molecule has 1 aromatic carbocycles. The molecule has 4 aliphatic rings. The van der Waals surface area contributed by atoms with Gasteiger partial charge in [0.15, 0.2) is 5.60 Å². The molecule has 160 valence electrons. The van der Waals surface area contributed by atoms with Crippen LogP contribution in [0, 0.1) is 5.92 Å². The van der Waals surface area contributed by atoms with Crippen LogP contribution in [0.15, 0.2) is 35.5 Å². The fourth-order valence-electron chi connectivity index (χ4n) is 4.94. The van der Waals surface area contributed by atoms with Crippen LogP contribution in [-0.2, 0) is 21.0 Å². The zero-order valence-corrected chi connectivity index (χ0v) is 17.4. The molecule has 1 N–H and O–H groups in total. The third-order valence-electron chi connectivity index (χ3n) is 6.86. The number of amides is 2. The zero-order valence-electron chi connectivity index (χ0n) is 17.4. The summed E-state index contributed by atoms with van der Waals surface area (Å²) in [6, 6.07) is 10.3. The summed E-state index contributed by atoms with van der Waals surface area (Å²) >= 11 is 0. The lowest BCUT2D eigenvalue weighted by molar-refractivity contribution is -0.145. The van der Waals surface area contributed by atoms with E-state index in [2.05, 4.69) is 22.6 Å². The summed E-state index contributed by atoms with van der Waals surface area (Å²) in [6.07, 6.45) is 5.35. The van der Waals surface area contributed by atoms with E-state index in [-0.39, 0.29) is 23.8 Å². The summed E-state index contributed by atoms with van der Waals surface area (Å²) in [5, 5.41) is 7.91. The van der Waals surface area contributed by atoms with Gasteiger partial charge in [0.05, 0.1) is 12.6 Å². The fourth-order valence-corrected chi connectivity index (χ4v) is 4.94. The van der Waals surface area contributed by atoms with Gasteiger partial charge in [-0.15, -0.1) is 0 Å². The first-order valence-electron chi connectivity index (χ1n) is 11.2. The van der Waals surface area contributed by atoms with Gasteiger partial charge in [-0.25, -0.2) is 0 Å². The highest BCUT2D eigenvalue weighted by Gasteiger charge is 2.53. The number of carbonyl (C=O) groups excluding carboxylic acids is 2. The fraction of sp³-hybridized carbons (Fsp3) is 0.609. The number of oxime groups is 1. The number of carbonyl (C=O) groups is 2. The van der Waals surface area contributed by atoms with Gasteiger partial charge in [0.25, 0.3) is 5.91 Å². The number of hydrogen-bond donors (Lipinski definition) is 1. The number of piperidine rings is 1. The second kappa shape index (κ2) is 8.02. The van der Waals surface area contributed by atoms with Crippen LogP contribution in [0.3, 0.4) is 0 Å². The molecule has 30 heavy (non-hydrogen) atoms. The van der Waals surface area contributed by atoms with E-state index < -0.39 is 5.60 Å². The molecule has 5 rings (SSSR count). The van der Waals surface area contributed by atoms with Crippen LogP contribution < -0.4 is 5.32 Å². The van der Waals surface area contributed by atoms with Crippen LogP contribution in [0.1, 0.15) is 44.1 Å². The molecule has 3 fully saturated rings. The Hall–Kier alpha value is -2.41. The maximum absolute atomic E-state index is 12.9. The Balaban J connectivity index is 1.31. The Kier molecular flexibility index (Phi) is 5.23. The maximum Gasteiger partial charge on any atom is 0.271 e. The molecule has 0 aromatic heterocycles. The van der Waals surface area contributed by atoms with Crippen molar-refractivity contribution in [2.75, 3.05) is 26.2 Å². The van der Waals surface area contributed by atoms with Crippen molar-refractivity contribution in [3.63, 3.8) is 0 Å². The largest absolute Gasteiger partial charge is 0.385 e. The minimum absolute atomic E-state index is 0.00294. The molecule has 2 amide bonds. The Morgan fingerprint density at radius 2 is 1.83 bits per heavy atom. The van der Waals surface area contributed by atoms with Crippen molar-refractivity contribution in [1.29, 1.82) is 0 Å². The number of nitrogens with zero attached hydrogens (tertiary/aromatic N) is 3. The molecule has 3 heterocycles. The van der Waals surface area contributed by atoms with E-state index in [1.807, 2.05) is 28.0 Å². The normalized spacial score (nSPS) is 28.5. The number of benzene rings is 1. The average molecular weight is 411 g/mol. The first kappa shape index (κ1) is 19.5. The highest BCUT2D eigenvalue weighted by Crippen LogP contribution is 2.38. The van der Waals surface area contributed by atoms with Gasteiger partial charge in [-0.2, -0.15) is 0 Å². The molecule has 1 saturated carbocycles. The van der Waals surface area contributed by atoms with Gasteiger partial charge >= 0.3 is 0 Å². The van der Waals surface area contributed by atoms with Crippen LogP contribution in [0.4, 0.5) is 0 Å². The summed E-state index contributed by atoms with van der Waals surface area (Å²) in [6.45, 7) is 3.54. The molecular weight excluding hydrogens is 380 g/mol. The summed E-state index contributed by atoms with van der Waals surface area (Å²) in [4.78, 5) is 35.5. The van der Waals surface area contributed by atoms with Crippen LogP contribution in [0.25, 0.3) is 0 Å². The molecule has 1 aromatic rings. The van der Waals surface area contributed by atoms with Crippen molar-refractivity contribution in [2.24, 2.45) is 11.1 Å². The standard InChI is InChI=1S/C23H30N4O3/c28-21(18-8-9-18)27-13-10-20(24-15-17-6-2-1-3-7-17)23(16-27)14-19(25-30-23)22(29)26-11-4-5-12-26/h1-3,6-7,18,20,24H,4-5,8-16H2/t20-,23-/m1/s1. The van der Waals surface area contributed by atoms with Gasteiger partial charge in [-0.1, -0.05) is 35.5 Å². The van der Waals surface area contributed by atoms with Crippen LogP contribution in [-0.4, -0.2) is 65.1 Å². The molecule has 1 aliphatic carbocycles. The molecular formula is C23H30N4O3. The van der Waals surface area contributed by atoms with Crippen molar-refractivity contribution in [2.45, 2.75) is 56.7 Å². The second-order valence-corrected chi connectivity index (χ2v) is 9.11. The van der Waals surface area contributed by atoms with Gasteiger partial charge in [-0.05, 0) is 37.7 Å². The topological polar surface area (TPSA) is 74.2 Å². The summed E-state index contributed by atoms with van der Waals surface area (Å²) in [5.74, 6) is 0.416. The molecule has 0 bridgehead atoms. The minimum Gasteiger partial charge on any atom is -0.385 e. The van der Waals surface area contributed by atoms with Crippen molar-refractivity contribution in [3.05, 3.63) is 35.9 Å². The van der Waals surface area contributed by atoms with Crippen molar-refractivity contribution in [3.8, 4) is 0 Å². The summed E-state index contributed by atoms with van der Waals surface area (Å²) < 4.78 is 0. The van der Waals surface area contributed by atoms with Gasteiger partial charge in [0.2, 0.25) is 5.91 Å². The molecule has 7 nitrogen and oxygen atoms in total. The van der Waals surface area contributed by atoms with Crippen molar-refractivity contribution >= 4 is 17.5 Å².